The van der Waals surface area contributed by atoms with Crippen molar-refractivity contribution in [1.82, 2.24) is 4.98 Å². The molecule has 4 nitrogen and oxygen atoms in total. The summed E-state index contributed by atoms with van der Waals surface area (Å²) in [5.74, 6) is 1.57. The number of aryl methyl sites for hydroxylation is 3. The fourth-order valence-corrected chi connectivity index (χ4v) is 3.92. The Morgan fingerprint density at radius 3 is 2.77 bits per heavy atom. The number of benzene rings is 1. The van der Waals surface area contributed by atoms with Gasteiger partial charge < -0.3 is 9.73 Å². The molecule has 1 N–H and O–H groups in total. The molecule has 0 aliphatic rings. The van der Waals surface area contributed by atoms with Gasteiger partial charge in [-0.1, -0.05) is 23.2 Å². The van der Waals surface area contributed by atoms with Crippen molar-refractivity contribution >= 4 is 45.6 Å². The molecule has 0 unspecified atom stereocenters. The van der Waals surface area contributed by atoms with Crippen LogP contribution in [-0.2, 0) is 17.6 Å². The van der Waals surface area contributed by atoms with Crippen LogP contribution in [0.1, 0.15) is 34.1 Å². The van der Waals surface area contributed by atoms with Crippen LogP contribution in [-0.4, -0.2) is 10.9 Å². The normalized spacial score (nSPS) is 10.9. The minimum absolute atomic E-state index is 0.0832. The fraction of sp³-hybridized carbons (Fsp3) is 0.263. The number of nitrogens with zero attached hydrogens (tertiary/aromatic N) is 1. The quantitative estimate of drug-likeness (QED) is 0.558. The summed E-state index contributed by atoms with van der Waals surface area (Å²) in [5, 5.41) is 4.77. The van der Waals surface area contributed by atoms with Gasteiger partial charge in [-0.05, 0) is 49.7 Å². The molecule has 0 saturated carbocycles. The van der Waals surface area contributed by atoms with Gasteiger partial charge in [0.1, 0.15) is 11.5 Å². The van der Waals surface area contributed by atoms with E-state index in [0.29, 0.717) is 34.4 Å². The molecule has 26 heavy (non-hydrogen) atoms. The number of hydrogen-bond acceptors (Lipinski definition) is 4. The zero-order chi connectivity index (χ0) is 18.7. The van der Waals surface area contributed by atoms with Crippen LogP contribution in [0.5, 0.6) is 0 Å². The van der Waals surface area contributed by atoms with Crippen molar-refractivity contribution in [3.05, 3.63) is 68.0 Å². The molecular weight excluding hydrogens is 391 g/mol. The molecule has 0 saturated heterocycles. The first-order valence-corrected chi connectivity index (χ1v) is 9.73. The zero-order valence-electron chi connectivity index (χ0n) is 14.4. The van der Waals surface area contributed by atoms with E-state index in [1.807, 2.05) is 32.0 Å². The highest BCUT2D eigenvalue weighted by molar-refractivity contribution is 7.15. The van der Waals surface area contributed by atoms with Crippen LogP contribution in [0, 0.1) is 13.8 Å². The molecule has 1 aromatic carbocycles. The number of carbonyl (C=O) groups is 1. The lowest BCUT2D eigenvalue weighted by Crippen LogP contribution is -2.11. The maximum atomic E-state index is 12.1. The van der Waals surface area contributed by atoms with Crippen LogP contribution < -0.4 is 5.32 Å². The number of thiazole rings is 1. The van der Waals surface area contributed by atoms with Crippen LogP contribution >= 0.6 is 34.5 Å². The Morgan fingerprint density at radius 1 is 1.23 bits per heavy atom. The highest BCUT2D eigenvalue weighted by Crippen LogP contribution is 2.29. The molecule has 0 radical (unpaired) electrons. The van der Waals surface area contributed by atoms with Gasteiger partial charge in [-0.25, -0.2) is 4.98 Å². The summed E-state index contributed by atoms with van der Waals surface area (Å²) in [6, 6.07) is 9.19. The van der Waals surface area contributed by atoms with Gasteiger partial charge in [0.2, 0.25) is 5.91 Å². The molecular formula is C19H18Cl2N2O2S. The van der Waals surface area contributed by atoms with Crippen molar-refractivity contribution < 1.29 is 9.21 Å². The van der Waals surface area contributed by atoms with E-state index in [-0.39, 0.29) is 5.91 Å². The Balaban J connectivity index is 1.62. The van der Waals surface area contributed by atoms with Crippen LogP contribution in [0.25, 0.3) is 0 Å². The number of anilines is 1. The second-order valence-electron chi connectivity index (χ2n) is 6.00. The molecule has 0 atom stereocenters. The summed E-state index contributed by atoms with van der Waals surface area (Å²) in [6.07, 6.45) is 1.54. The third kappa shape index (κ3) is 4.87. The van der Waals surface area contributed by atoms with Crippen LogP contribution in [0.3, 0.4) is 0 Å². The van der Waals surface area contributed by atoms with Gasteiger partial charge in [-0.2, -0.15) is 0 Å². The average molecular weight is 409 g/mol. The number of rotatable bonds is 6. The Morgan fingerprint density at radius 2 is 2.04 bits per heavy atom. The van der Waals surface area contributed by atoms with E-state index in [4.69, 9.17) is 27.6 Å². The lowest BCUT2D eigenvalue weighted by atomic mass is 10.1. The summed E-state index contributed by atoms with van der Waals surface area (Å²) >= 11 is 13.7. The molecule has 2 aromatic heterocycles. The third-order valence-electron chi connectivity index (χ3n) is 3.89. The number of halogens is 2. The van der Waals surface area contributed by atoms with Crippen molar-refractivity contribution in [3.8, 4) is 0 Å². The predicted octanol–water partition coefficient (Wildman–Crippen LogP) is 5.82. The Labute approximate surface area is 166 Å². The van der Waals surface area contributed by atoms with Gasteiger partial charge >= 0.3 is 0 Å². The maximum absolute atomic E-state index is 12.1. The Kier molecular flexibility index (Phi) is 6.01. The average Bonchev–Trinajstić information content (AvgIpc) is 3.15. The monoisotopic (exact) mass is 408 g/mol. The van der Waals surface area contributed by atoms with Gasteiger partial charge in [-0.15, -0.1) is 11.3 Å². The number of amides is 1. The highest BCUT2D eigenvalue weighted by atomic mass is 35.5. The van der Waals surface area contributed by atoms with Crippen molar-refractivity contribution in [1.29, 1.82) is 0 Å². The Hall–Kier alpha value is -1.82. The first-order chi connectivity index (χ1) is 12.4. The molecule has 0 aliphatic heterocycles. The number of furan rings is 1. The zero-order valence-corrected chi connectivity index (χ0v) is 16.8. The molecule has 3 rings (SSSR count). The maximum Gasteiger partial charge on any atom is 0.226 e. The second-order valence-corrected chi connectivity index (χ2v) is 7.93. The van der Waals surface area contributed by atoms with E-state index in [1.54, 1.807) is 12.1 Å². The first-order valence-electron chi connectivity index (χ1n) is 8.16. The molecule has 0 aliphatic carbocycles. The number of hydrogen-bond donors (Lipinski definition) is 1. The molecule has 3 aromatic rings. The van der Waals surface area contributed by atoms with E-state index in [1.165, 1.54) is 11.3 Å². The van der Waals surface area contributed by atoms with E-state index >= 15 is 0 Å². The van der Waals surface area contributed by atoms with Crippen LogP contribution in [0.2, 0.25) is 10.0 Å². The van der Waals surface area contributed by atoms with E-state index in [0.717, 1.165) is 27.7 Å². The van der Waals surface area contributed by atoms with Crippen LogP contribution in [0.4, 0.5) is 5.13 Å². The number of aromatic nitrogens is 1. The lowest BCUT2D eigenvalue weighted by Gasteiger charge is -2.03. The first kappa shape index (κ1) is 19.0. The van der Waals surface area contributed by atoms with Crippen molar-refractivity contribution in [2.45, 2.75) is 33.1 Å². The molecule has 0 bridgehead atoms. The van der Waals surface area contributed by atoms with Crippen molar-refractivity contribution in [2.75, 3.05) is 5.32 Å². The molecule has 0 spiro atoms. The van der Waals surface area contributed by atoms with E-state index in [2.05, 4.69) is 10.3 Å². The predicted molar refractivity (Wildman–Crippen MR) is 107 cm³/mol. The number of carbonyl (C=O) groups excluding carboxylic acids is 1. The molecule has 2 heterocycles. The lowest BCUT2D eigenvalue weighted by molar-refractivity contribution is -0.116. The summed E-state index contributed by atoms with van der Waals surface area (Å²) in [4.78, 5) is 17.6. The van der Waals surface area contributed by atoms with E-state index in [9.17, 15) is 4.79 Å². The Bertz CT molecular complexity index is 934. The molecule has 1 amide bonds. The van der Waals surface area contributed by atoms with Gasteiger partial charge in [0.15, 0.2) is 5.13 Å². The largest absolute Gasteiger partial charge is 0.466 e. The van der Waals surface area contributed by atoms with Crippen molar-refractivity contribution in [3.63, 3.8) is 0 Å². The fourth-order valence-electron chi connectivity index (χ4n) is 2.54. The molecule has 0 fully saturated rings. The number of nitrogens with one attached hydrogen (secondary N) is 1. The smallest absolute Gasteiger partial charge is 0.226 e. The molecule has 136 valence electrons. The minimum atomic E-state index is -0.0832. The summed E-state index contributed by atoms with van der Waals surface area (Å²) in [6.45, 7) is 3.81. The van der Waals surface area contributed by atoms with Crippen LogP contribution in [0.15, 0.2) is 34.7 Å². The SMILES string of the molecule is Cc1ccc(CCC(=O)Nc2nc(C)c(Cc3cc(Cl)ccc3Cl)s2)o1. The minimum Gasteiger partial charge on any atom is -0.466 e. The standard InChI is InChI=1S/C19H18Cl2N2O2S/c1-11-3-5-15(25-11)6-8-18(24)23-19-22-12(2)17(26-19)10-13-9-14(20)4-7-16(13)21/h3-5,7,9H,6,8,10H2,1-2H3,(H,22,23,24). The van der Waals surface area contributed by atoms with Crippen molar-refractivity contribution in [2.24, 2.45) is 0 Å². The third-order valence-corrected chi connectivity index (χ3v) is 5.57. The summed E-state index contributed by atoms with van der Waals surface area (Å²) in [7, 11) is 0. The summed E-state index contributed by atoms with van der Waals surface area (Å²) < 4.78 is 5.48. The molecule has 7 heteroatoms. The van der Waals surface area contributed by atoms with Gasteiger partial charge in [-0.3, -0.25) is 4.79 Å². The van der Waals surface area contributed by atoms with Gasteiger partial charge in [0.05, 0.1) is 5.69 Å². The topological polar surface area (TPSA) is 55.1 Å². The van der Waals surface area contributed by atoms with Gasteiger partial charge in [0, 0.05) is 34.2 Å². The van der Waals surface area contributed by atoms with Gasteiger partial charge in [0.25, 0.3) is 0 Å². The second kappa shape index (κ2) is 8.25. The van der Waals surface area contributed by atoms with E-state index < -0.39 is 0 Å². The summed E-state index contributed by atoms with van der Waals surface area (Å²) in [5.41, 5.74) is 1.82. The highest BCUT2D eigenvalue weighted by Gasteiger charge is 2.13.